The van der Waals surface area contributed by atoms with Crippen molar-refractivity contribution in [3.8, 4) is 0 Å². The fourth-order valence-corrected chi connectivity index (χ4v) is 6.39. The topological polar surface area (TPSA) is 57.9 Å². The van der Waals surface area contributed by atoms with Crippen molar-refractivity contribution in [3.05, 3.63) is 80.6 Å². The molecule has 0 bridgehead atoms. The minimum atomic E-state index is -0.158. The number of fused-ring (bicyclic) bond motifs is 1. The number of unbranched alkanes of at least 4 members (excludes halogenated alkanes) is 1. The molecular formula is C29H32N4O2S2. The monoisotopic (exact) mass is 532 g/mol. The Morgan fingerprint density at radius 3 is 2.59 bits per heavy atom. The van der Waals surface area contributed by atoms with Crippen molar-refractivity contribution in [1.29, 1.82) is 0 Å². The molecule has 0 radical (unpaired) electrons. The first-order valence-corrected chi connectivity index (χ1v) is 14.2. The van der Waals surface area contributed by atoms with Crippen LogP contribution in [0.15, 0.2) is 58.4 Å². The van der Waals surface area contributed by atoms with Crippen LogP contribution in [-0.2, 0) is 11.2 Å². The summed E-state index contributed by atoms with van der Waals surface area (Å²) < 4.78 is 2.14. The van der Waals surface area contributed by atoms with E-state index in [0.29, 0.717) is 38.7 Å². The van der Waals surface area contributed by atoms with Crippen molar-refractivity contribution in [1.82, 2.24) is 14.3 Å². The van der Waals surface area contributed by atoms with Gasteiger partial charge in [-0.15, -0.1) is 0 Å². The maximum absolute atomic E-state index is 13.8. The largest absolute Gasteiger partial charge is 0.356 e. The standard InChI is InChI=1S/C29H32N4O2S2/c1-3-4-14-33-28(35)24(37-29(33)36)19-23-26(30-25-20(2)9-8-15-32(25)27(23)34)31-16-12-22(13-17-31)18-21-10-6-5-7-11-21/h5-11,15,19,22H,3-4,12-14,16-18H2,1-2H3. The van der Waals surface area contributed by atoms with Gasteiger partial charge in [-0.05, 0) is 61.8 Å². The Bertz CT molecular complexity index is 1410. The van der Waals surface area contributed by atoms with E-state index in [9.17, 15) is 9.59 Å². The lowest BCUT2D eigenvalue weighted by molar-refractivity contribution is -0.122. The number of thiocarbonyl (C=S) groups is 1. The van der Waals surface area contributed by atoms with Crippen LogP contribution in [0.5, 0.6) is 0 Å². The number of hydrogen-bond donors (Lipinski definition) is 0. The molecule has 0 spiro atoms. The van der Waals surface area contributed by atoms with Crippen LogP contribution in [0, 0.1) is 12.8 Å². The van der Waals surface area contributed by atoms with Crippen LogP contribution in [0.25, 0.3) is 11.7 Å². The fraction of sp³-hybridized carbons (Fsp3) is 0.379. The van der Waals surface area contributed by atoms with Crippen LogP contribution in [0.1, 0.15) is 49.3 Å². The second-order valence-electron chi connectivity index (χ2n) is 9.85. The summed E-state index contributed by atoms with van der Waals surface area (Å²) in [5, 5.41) is 0. The van der Waals surface area contributed by atoms with Gasteiger partial charge in [0.15, 0.2) is 0 Å². The van der Waals surface area contributed by atoms with Gasteiger partial charge in [-0.2, -0.15) is 0 Å². The number of piperidine rings is 1. The summed E-state index contributed by atoms with van der Waals surface area (Å²) in [4.78, 5) is 36.3. The predicted molar refractivity (Wildman–Crippen MR) is 156 cm³/mol. The molecule has 2 fully saturated rings. The van der Waals surface area contributed by atoms with Gasteiger partial charge in [0.05, 0.1) is 10.5 Å². The maximum Gasteiger partial charge on any atom is 0.267 e. The number of aryl methyl sites for hydroxylation is 1. The van der Waals surface area contributed by atoms with Crippen LogP contribution in [0.3, 0.4) is 0 Å². The van der Waals surface area contributed by atoms with E-state index in [-0.39, 0.29) is 11.5 Å². The number of nitrogens with zero attached hydrogens (tertiary/aromatic N) is 4. The Morgan fingerprint density at radius 1 is 1.11 bits per heavy atom. The predicted octanol–water partition coefficient (Wildman–Crippen LogP) is 5.46. The number of pyridine rings is 1. The third kappa shape index (κ3) is 5.36. The Kier molecular flexibility index (Phi) is 7.76. The van der Waals surface area contributed by atoms with E-state index < -0.39 is 0 Å². The average Bonchev–Trinajstić information content (AvgIpc) is 3.17. The third-order valence-electron chi connectivity index (χ3n) is 7.23. The van der Waals surface area contributed by atoms with Crippen molar-refractivity contribution < 1.29 is 4.79 Å². The molecule has 37 heavy (non-hydrogen) atoms. The number of anilines is 1. The molecule has 0 unspecified atom stereocenters. The minimum Gasteiger partial charge on any atom is -0.356 e. The lowest BCUT2D eigenvalue weighted by atomic mass is 9.90. The SMILES string of the molecule is CCCCN1C(=O)C(=Cc2c(N3CCC(Cc4ccccc4)CC3)nc3c(C)cccn3c2=O)SC1=S. The van der Waals surface area contributed by atoms with E-state index in [4.69, 9.17) is 17.2 Å². The van der Waals surface area contributed by atoms with E-state index >= 15 is 0 Å². The third-order valence-corrected chi connectivity index (χ3v) is 8.61. The van der Waals surface area contributed by atoms with Gasteiger partial charge in [0.2, 0.25) is 0 Å². The molecule has 2 aromatic heterocycles. The number of benzene rings is 1. The summed E-state index contributed by atoms with van der Waals surface area (Å²) in [6.07, 6.45) is 8.47. The molecule has 2 aliphatic heterocycles. The van der Waals surface area contributed by atoms with Crippen LogP contribution in [0.2, 0.25) is 0 Å². The summed E-state index contributed by atoms with van der Waals surface area (Å²) in [5.41, 5.74) is 3.26. The molecule has 1 aromatic carbocycles. The highest BCUT2D eigenvalue weighted by Gasteiger charge is 2.33. The van der Waals surface area contributed by atoms with Gasteiger partial charge >= 0.3 is 0 Å². The number of carbonyl (C=O) groups excluding carboxylic acids is 1. The zero-order valence-electron chi connectivity index (χ0n) is 21.4. The van der Waals surface area contributed by atoms with E-state index in [1.807, 2.05) is 19.1 Å². The Hall–Kier alpha value is -2.97. The quantitative estimate of drug-likeness (QED) is 0.297. The van der Waals surface area contributed by atoms with Crippen molar-refractivity contribution in [2.45, 2.75) is 46.0 Å². The second-order valence-corrected chi connectivity index (χ2v) is 11.5. The lowest BCUT2D eigenvalue weighted by Gasteiger charge is -2.33. The molecule has 3 aromatic rings. The molecule has 0 N–H and O–H groups in total. The summed E-state index contributed by atoms with van der Waals surface area (Å²) in [7, 11) is 0. The molecule has 192 valence electrons. The smallest absolute Gasteiger partial charge is 0.267 e. The Labute approximate surface area is 227 Å². The normalized spacial score (nSPS) is 17.9. The van der Waals surface area contributed by atoms with Crippen LogP contribution >= 0.6 is 24.0 Å². The van der Waals surface area contributed by atoms with Crippen LogP contribution in [0.4, 0.5) is 5.82 Å². The maximum atomic E-state index is 13.8. The molecule has 6 nitrogen and oxygen atoms in total. The summed E-state index contributed by atoms with van der Waals surface area (Å²) >= 11 is 6.77. The van der Waals surface area contributed by atoms with Gasteiger partial charge in [0.25, 0.3) is 11.5 Å². The highest BCUT2D eigenvalue weighted by Crippen LogP contribution is 2.34. The molecule has 0 saturated carbocycles. The van der Waals surface area contributed by atoms with Gasteiger partial charge in [-0.25, -0.2) is 4.98 Å². The molecule has 1 amide bonds. The summed E-state index contributed by atoms with van der Waals surface area (Å²) in [6.45, 7) is 6.31. The fourth-order valence-electron chi connectivity index (χ4n) is 5.10. The second kappa shape index (κ2) is 11.2. The number of hydrogen-bond acceptors (Lipinski definition) is 6. The Morgan fingerprint density at radius 2 is 1.86 bits per heavy atom. The molecule has 8 heteroatoms. The first-order valence-electron chi connectivity index (χ1n) is 13.0. The van der Waals surface area contributed by atoms with Gasteiger partial charge in [0.1, 0.15) is 15.8 Å². The number of thioether (sulfide) groups is 1. The lowest BCUT2D eigenvalue weighted by Crippen LogP contribution is -2.37. The van der Waals surface area contributed by atoms with Crippen molar-refractivity contribution in [2.75, 3.05) is 24.5 Å². The van der Waals surface area contributed by atoms with Gasteiger partial charge in [0, 0.05) is 25.8 Å². The molecular weight excluding hydrogens is 500 g/mol. The number of rotatable bonds is 7. The first-order chi connectivity index (χ1) is 18.0. The zero-order chi connectivity index (χ0) is 25.9. The molecule has 2 saturated heterocycles. The van der Waals surface area contributed by atoms with E-state index in [0.717, 1.165) is 50.8 Å². The first kappa shape index (κ1) is 25.7. The molecule has 4 heterocycles. The van der Waals surface area contributed by atoms with Gasteiger partial charge in [-0.1, -0.05) is 73.7 Å². The van der Waals surface area contributed by atoms with Crippen LogP contribution in [-0.4, -0.2) is 44.1 Å². The van der Waals surface area contributed by atoms with Crippen molar-refractivity contribution in [2.24, 2.45) is 5.92 Å². The summed E-state index contributed by atoms with van der Waals surface area (Å²) in [5.74, 6) is 1.14. The Balaban J connectivity index is 1.48. The van der Waals surface area contributed by atoms with E-state index in [1.54, 1.807) is 21.6 Å². The molecule has 0 aliphatic carbocycles. The highest BCUT2D eigenvalue weighted by atomic mass is 32.2. The van der Waals surface area contributed by atoms with Crippen molar-refractivity contribution in [3.63, 3.8) is 0 Å². The minimum absolute atomic E-state index is 0.121. The number of aromatic nitrogens is 2. The molecule has 0 atom stereocenters. The number of carbonyl (C=O) groups is 1. The average molecular weight is 533 g/mol. The summed E-state index contributed by atoms with van der Waals surface area (Å²) in [6, 6.07) is 14.4. The number of amides is 1. The highest BCUT2D eigenvalue weighted by molar-refractivity contribution is 8.26. The van der Waals surface area contributed by atoms with Crippen molar-refractivity contribution >= 4 is 51.7 Å². The molecule has 5 rings (SSSR count). The van der Waals surface area contributed by atoms with Gasteiger partial charge < -0.3 is 4.90 Å². The van der Waals surface area contributed by atoms with E-state index in [2.05, 4.69) is 42.2 Å². The zero-order valence-corrected chi connectivity index (χ0v) is 23.0. The van der Waals surface area contributed by atoms with E-state index in [1.165, 1.54) is 17.3 Å². The van der Waals surface area contributed by atoms with Gasteiger partial charge in [-0.3, -0.25) is 18.9 Å². The van der Waals surface area contributed by atoms with Crippen LogP contribution < -0.4 is 10.5 Å². The molecule has 2 aliphatic rings.